The van der Waals surface area contributed by atoms with Gasteiger partial charge in [0.05, 0.1) is 12.7 Å². The fourth-order valence-corrected chi connectivity index (χ4v) is 6.00. The molecule has 0 radical (unpaired) electrons. The van der Waals surface area contributed by atoms with Crippen LogP contribution in [-0.4, -0.2) is 55.2 Å². The van der Waals surface area contributed by atoms with Crippen LogP contribution in [0.15, 0.2) is 140 Å². The lowest BCUT2D eigenvalue weighted by atomic mass is 9.86. The maximum Gasteiger partial charge on any atom is 0.335 e. The quantitative estimate of drug-likeness (QED) is 0.0983. The summed E-state index contributed by atoms with van der Waals surface area (Å²) in [5, 5.41) is 10.2. The Kier molecular flexibility index (Phi) is 11.3. The Labute approximate surface area is 296 Å². The minimum atomic E-state index is -1.12. The van der Waals surface area contributed by atoms with Crippen molar-refractivity contribution in [3.8, 4) is 23.0 Å². The summed E-state index contributed by atoms with van der Waals surface area (Å²) in [4.78, 5) is 24.7. The smallest absolute Gasteiger partial charge is 0.335 e. The number of hydrogen-bond acceptors (Lipinski definition) is 8. The number of rotatable bonds is 13. The maximum atomic E-state index is 12.4. The molecule has 0 saturated carbocycles. The van der Waals surface area contributed by atoms with E-state index in [0.717, 1.165) is 0 Å². The van der Waals surface area contributed by atoms with E-state index in [9.17, 15) is 14.7 Å². The molecule has 0 unspecified atom stereocenters. The van der Waals surface area contributed by atoms with Crippen LogP contribution in [0.3, 0.4) is 0 Å². The zero-order chi connectivity index (χ0) is 35.6. The molecule has 9 nitrogen and oxygen atoms in total. The molecule has 9 heteroatoms. The molecule has 51 heavy (non-hydrogen) atoms. The monoisotopic (exact) mass is 686 g/mol. The van der Waals surface area contributed by atoms with E-state index in [1.165, 1.54) is 13.2 Å². The Hall–Kier alpha value is -6.06. The van der Waals surface area contributed by atoms with E-state index in [1.54, 1.807) is 25.1 Å². The SMILES string of the molecule is COC(=O)/C=C/c1c(C)cc(C(=O)O)cc1[C@H]1O[C@H](COc2ccccc2)[C@@H](Oc2ccccc2)[C@H](Oc2ccccc2)[C@@H]1Oc1ccccc1. The van der Waals surface area contributed by atoms with Gasteiger partial charge in [-0.05, 0) is 90.4 Å². The van der Waals surface area contributed by atoms with E-state index in [2.05, 4.69) is 0 Å². The molecule has 1 N–H and O–H groups in total. The number of ether oxygens (including phenoxy) is 6. The van der Waals surface area contributed by atoms with Gasteiger partial charge in [0.2, 0.25) is 0 Å². The molecular weight excluding hydrogens is 648 g/mol. The summed E-state index contributed by atoms with van der Waals surface area (Å²) < 4.78 is 38.5. The van der Waals surface area contributed by atoms with E-state index in [0.29, 0.717) is 39.7 Å². The number of esters is 1. The summed E-state index contributed by atoms with van der Waals surface area (Å²) in [5.41, 5.74) is 1.69. The van der Waals surface area contributed by atoms with Gasteiger partial charge in [0.25, 0.3) is 0 Å². The third-order valence-corrected chi connectivity index (χ3v) is 8.40. The Balaban J connectivity index is 1.54. The van der Waals surface area contributed by atoms with Crippen LogP contribution in [0.2, 0.25) is 0 Å². The first-order chi connectivity index (χ1) is 24.9. The number of carboxylic acids is 1. The predicted molar refractivity (Wildman–Crippen MR) is 191 cm³/mol. The van der Waals surface area contributed by atoms with Crippen molar-refractivity contribution in [2.24, 2.45) is 0 Å². The third-order valence-electron chi connectivity index (χ3n) is 8.40. The van der Waals surface area contributed by atoms with Gasteiger partial charge in [-0.2, -0.15) is 0 Å². The molecule has 0 amide bonds. The van der Waals surface area contributed by atoms with Crippen molar-refractivity contribution in [3.63, 3.8) is 0 Å². The van der Waals surface area contributed by atoms with E-state index in [1.807, 2.05) is 121 Å². The highest BCUT2D eigenvalue weighted by Crippen LogP contribution is 2.41. The van der Waals surface area contributed by atoms with Gasteiger partial charge in [0.15, 0.2) is 18.3 Å². The highest BCUT2D eigenvalue weighted by atomic mass is 16.6. The lowest BCUT2D eigenvalue weighted by Crippen LogP contribution is -2.62. The number of para-hydroxylation sites is 4. The molecule has 0 aliphatic carbocycles. The molecule has 0 bridgehead atoms. The van der Waals surface area contributed by atoms with E-state index in [4.69, 9.17) is 28.4 Å². The van der Waals surface area contributed by atoms with Crippen LogP contribution in [0, 0.1) is 6.92 Å². The molecule has 1 aliphatic heterocycles. The summed E-state index contributed by atoms with van der Waals surface area (Å²) in [6.07, 6.45) is -1.39. The number of methoxy groups -OCH3 is 1. The van der Waals surface area contributed by atoms with E-state index >= 15 is 0 Å². The summed E-state index contributed by atoms with van der Waals surface area (Å²) in [6, 6.07) is 40.4. The zero-order valence-corrected chi connectivity index (χ0v) is 28.2. The van der Waals surface area contributed by atoms with Crippen molar-refractivity contribution < 1.29 is 43.1 Å². The van der Waals surface area contributed by atoms with Crippen LogP contribution < -0.4 is 18.9 Å². The lowest BCUT2D eigenvalue weighted by molar-refractivity contribution is -0.210. The topological polar surface area (TPSA) is 110 Å². The van der Waals surface area contributed by atoms with Gasteiger partial charge in [-0.3, -0.25) is 0 Å². The Bertz CT molecular complexity index is 1910. The van der Waals surface area contributed by atoms with Gasteiger partial charge in [0.1, 0.15) is 41.8 Å². The second-order valence-corrected chi connectivity index (χ2v) is 11.9. The van der Waals surface area contributed by atoms with E-state index in [-0.39, 0.29) is 12.2 Å². The number of benzene rings is 5. The average Bonchev–Trinajstić information content (AvgIpc) is 3.16. The van der Waals surface area contributed by atoms with Gasteiger partial charge in [0, 0.05) is 6.08 Å². The maximum absolute atomic E-state index is 12.4. The van der Waals surface area contributed by atoms with E-state index < -0.39 is 42.5 Å². The van der Waals surface area contributed by atoms with Crippen LogP contribution in [0.5, 0.6) is 23.0 Å². The molecule has 0 aromatic heterocycles. The Morgan fingerprint density at radius 2 is 1.18 bits per heavy atom. The number of carboxylic acid groups (broad SMARTS) is 1. The number of aryl methyl sites for hydroxylation is 1. The minimum Gasteiger partial charge on any atom is -0.491 e. The van der Waals surface area contributed by atoms with Crippen molar-refractivity contribution in [2.75, 3.05) is 13.7 Å². The van der Waals surface area contributed by atoms with Gasteiger partial charge >= 0.3 is 11.9 Å². The molecule has 5 aromatic carbocycles. The van der Waals surface area contributed by atoms with Crippen molar-refractivity contribution in [1.82, 2.24) is 0 Å². The minimum absolute atomic E-state index is 0.0417. The summed E-state index contributed by atoms with van der Waals surface area (Å²) in [5.74, 6) is 0.624. The summed E-state index contributed by atoms with van der Waals surface area (Å²) in [6.45, 7) is 1.83. The third kappa shape index (κ3) is 8.76. The number of hydrogen-bond donors (Lipinski definition) is 1. The van der Waals surface area contributed by atoms with Crippen molar-refractivity contribution in [2.45, 2.75) is 37.4 Å². The van der Waals surface area contributed by atoms with Crippen LogP contribution in [-0.2, 0) is 14.3 Å². The van der Waals surface area contributed by atoms with Gasteiger partial charge in [-0.25, -0.2) is 9.59 Å². The van der Waals surface area contributed by atoms with Crippen molar-refractivity contribution in [3.05, 3.63) is 162 Å². The highest BCUT2D eigenvalue weighted by Gasteiger charge is 2.52. The standard InChI is InChI=1S/C42H38O9/c1-28-25-29(42(44)45)26-35(34(28)23-24-37(43)46-2)38-40(49-32-19-11-5-12-20-32)41(50-33-21-13-6-14-22-33)39(48-31-17-9-4-10-18-31)36(51-38)27-47-30-15-7-3-8-16-30/h3-26,36,38-41H,27H2,1-2H3,(H,44,45)/b24-23+/t36-,38-,39-,40-,41+/m1/s1. The summed E-state index contributed by atoms with van der Waals surface area (Å²) in [7, 11) is 1.29. The largest absolute Gasteiger partial charge is 0.491 e. The number of carbonyl (C=O) groups is 2. The van der Waals surface area contributed by atoms with Crippen LogP contribution in [0.4, 0.5) is 0 Å². The first-order valence-electron chi connectivity index (χ1n) is 16.5. The molecule has 1 aliphatic rings. The molecule has 1 heterocycles. The molecule has 6 rings (SSSR count). The second kappa shape index (κ2) is 16.6. The predicted octanol–water partition coefficient (Wildman–Crippen LogP) is 7.74. The molecule has 5 aromatic rings. The van der Waals surface area contributed by atoms with Crippen molar-refractivity contribution >= 4 is 18.0 Å². The Morgan fingerprint density at radius 3 is 1.69 bits per heavy atom. The summed E-state index contributed by atoms with van der Waals surface area (Å²) >= 11 is 0. The van der Waals surface area contributed by atoms with Gasteiger partial charge < -0.3 is 33.5 Å². The van der Waals surface area contributed by atoms with Crippen LogP contribution in [0.1, 0.15) is 33.2 Å². The molecule has 5 atom stereocenters. The Morgan fingerprint density at radius 1 is 0.686 bits per heavy atom. The average molecular weight is 687 g/mol. The molecule has 1 fully saturated rings. The van der Waals surface area contributed by atoms with Crippen molar-refractivity contribution in [1.29, 1.82) is 0 Å². The lowest BCUT2D eigenvalue weighted by Gasteiger charge is -2.46. The van der Waals surface area contributed by atoms with Gasteiger partial charge in [-0.15, -0.1) is 0 Å². The molecular formula is C42H38O9. The number of aromatic carboxylic acids is 1. The zero-order valence-electron chi connectivity index (χ0n) is 28.2. The van der Waals surface area contributed by atoms with Crippen LogP contribution in [0.25, 0.3) is 6.08 Å². The fourth-order valence-electron chi connectivity index (χ4n) is 6.00. The fraction of sp³-hybridized carbons (Fsp3) is 0.190. The second-order valence-electron chi connectivity index (χ2n) is 11.9. The molecule has 0 spiro atoms. The first kappa shape index (κ1) is 34.8. The van der Waals surface area contributed by atoms with Crippen LogP contribution >= 0.6 is 0 Å². The number of carbonyl (C=O) groups excluding carboxylic acids is 1. The normalized spacial score (nSPS) is 19.9. The van der Waals surface area contributed by atoms with Gasteiger partial charge in [-0.1, -0.05) is 72.8 Å². The highest BCUT2D eigenvalue weighted by molar-refractivity contribution is 5.90. The molecule has 1 saturated heterocycles. The first-order valence-corrected chi connectivity index (χ1v) is 16.5. The molecule has 260 valence electrons.